The molecular formula is C18H20FN3O2. The van der Waals surface area contributed by atoms with Gasteiger partial charge in [0.25, 0.3) is 0 Å². The Balaban J connectivity index is 1.79. The second kappa shape index (κ2) is 6.60. The van der Waals surface area contributed by atoms with E-state index in [0.717, 1.165) is 42.3 Å². The molecule has 0 radical (unpaired) electrons. The summed E-state index contributed by atoms with van der Waals surface area (Å²) in [5.41, 5.74) is 1.59. The Morgan fingerprint density at radius 2 is 2.12 bits per heavy atom. The van der Waals surface area contributed by atoms with Crippen LogP contribution in [-0.2, 0) is 16.1 Å². The molecule has 1 saturated carbocycles. The SMILES string of the molecule is COC(=O)C1CCC(Cn2nc(C)c3cc(F)c(C#N)cc32)CC1. The molecular weight excluding hydrogens is 309 g/mol. The maximum Gasteiger partial charge on any atom is 0.308 e. The van der Waals surface area contributed by atoms with Gasteiger partial charge in [0.1, 0.15) is 11.9 Å². The molecule has 1 aliphatic carbocycles. The highest BCUT2D eigenvalue weighted by Crippen LogP contribution is 2.32. The van der Waals surface area contributed by atoms with Gasteiger partial charge >= 0.3 is 5.97 Å². The molecule has 2 aromatic rings. The van der Waals surface area contributed by atoms with Crippen molar-refractivity contribution < 1.29 is 13.9 Å². The lowest BCUT2D eigenvalue weighted by atomic mass is 9.82. The van der Waals surface area contributed by atoms with Crippen LogP contribution in [0.15, 0.2) is 12.1 Å². The van der Waals surface area contributed by atoms with Crippen molar-refractivity contribution in [2.24, 2.45) is 11.8 Å². The van der Waals surface area contributed by atoms with E-state index in [2.05, 4.69) is 5.10 Å². The third-order valence-corrected chi connectivity index (χ3v) is 4.96. The molecule has 0 N–H and O–H groups in total. The van der Waals surface area contributed by atoms with Crippen LogP contribution in [0, 0.1) is 35.9 Å². The number of ether oxygens (including phenoxy) is 1. The van der Waals surface area contributed by atoms with Gasteiger partial charge < -0.3 is 4.74 Å². The van der Waals surface area contributed by atoms with Gasteiger partial charge in [0.05, 0.1) is 29.8 Å². The molecule has 1 aromatic heterocycles. The number of hydrogen-bond donors (Lipinski definition) is 0. The third kappa shape index (κ3) is 2.99. The van der Waals surface area contributed by atoms with Gasteiger partial charge in [-0.25, -0.2) is 4.39 Å². The second-order valence-corrected chi connectivity index (χ2v) is 6.47. The Morgan fingerprint density at radius 3 is 2.75 bits per heavy atom. The number of fused-ring (bicyclic) bond motifs is 1. The van der Waals surface area contributed by atoms with Crippen molar-refractivity contribution >= 4 is 16.9 Å². The highest BCUT2D eigenvalue weighted by molar-refractivity contribution is 5.83. The number of carbonyl (C=O) groups excluding carboxylic acids is 1. The zero-order valence-corrected chi connectivity index (χ0v) is 13.9. The number of hydrogen-bond acceptors (Lipinski definition) is 4. The lowest BCUT2D eigenvalue weighted by molar-refractivity contribution is -0.146. The van der Waals surface area contributed by atoms with Crippen LogP contribution in [0.25, 0.3) is 10.9 Å². The molecule has 0 bridgehead atoms. The van der Waals surface area contributed by atoms with E-state index >= 15 is 0 Å². The van der Waals surface area contributed by atoms with Crippen molar-refractivity contribution in [1.29, 1.82) is 5.26 Å². The van der Waals surface area contributed by atoms with Gasteiger partial charge in [-0.1, -0.05) is 0 Å². The van der Waals surface area contributed by atoms with Crippen molar-refractivity contribution in [2.75, 3.05) is 7.11 Å². The molecule has 0 saturated heterocycles. The van der Waals surface area contributed by atoms with Gasteiger partial charge in [-0.2, -0.15) is 10.4 Å². The summed E-state index contributed by atoms with van der Waals surface area (Å²) in [6.07, 6.45) is 3.53. The van der Waals surface area contributed by atoms with Crippen molar-refractivity contribution in [3.63, 3.8) is 0 Å². The Hall–Kier alpha value is -2.42. The number of esters is 1. The van der Waals surface area contributed by atoms with Crippen LogP contribution in [0.3, 0.4) is 0 Å². The van der Waals surface area contributed by atoms with E-state index in [9.17, 15) is 9.18 Å². The van der Waals surface area contributed by atoms with Crippen LogP contribution in [0.4, 0.5) is 4.39 Å². The van der Waals surface area contributed by atoms with E-state index in [1.165, 1.54) is 13.2 Å². The van der Waals surface area contributed by atoms with Gasteiger partial charge in [-0.15, -0.1) is 0 Å². The minimum absolute atomic E-state index is 0.00152. The first-order valence-electron chi connectivity index (χ1n) is 8.18. The van der Waals surface area contributed by atoms with Gasteiger partial charge in [0.2, 0.25) is 0 Å². The van der Waals surface area contributed by atoms with Crippen LogP contribution >= 0.6 is 0 Å². The predicted molar refractivity (Wildman–Crippen MR) is 86.6 cm³/mol. The fourth-order valence-corrected chi connectivity index (χ4v) is 3.57. The molecule has 5 nitrogen and oxygen atoms in total. The molecule has 0 amide bonds. The number of carbonyl (C=O) groups is 1. The van der Waals surface area contributed by atoms with E-state index in [1.54, 1.807) is 6.07 Å². The molecule has 0 aliphatic heterocycles. The van der Waals surface area contributed by atoms with Crippen molar-refractivity contribution in [3.8, 4) is 6.07 Å². The summed E-state index contributed by atoms with van der Waals surface area (Å²) >= 11 is 0. The third-order valence-electron chi connectivity index (χ3n) is 4.96. The molecule has 1 aliphatic rings. The molecule has 0 spiro atoms. The van der Waals surface area contributed by atoms with E-state index < -0.39 is 5.82 Å². The van der Waals surface area contributed by atoms with Gasteiger partial charge in [-0.3, -0.25) is 9.48 Å². The fraction of sp³-hybridized carbons (Fsp3) is 0.500. The Kier molecular flexibility index (Phi) is 4.52. The van der Waals surface area contributed by atoms with E-state index in [1.807, 2.05) is 17.7 Å². The normalized spacial score (nSPS) is 20.8. The Bertz CT molecular complexity index is 814. The number of nitrogens with zero attached hydrogens (tertiary/aromatic N) is 3. The van der Waals surface area contributed by atoms with Crippen LogP contribution in [0.5, 0.6) is 0 Å². The maximum atomic E-state index is 13.8. The van der Waals surface area contributed by atoms with E-state index in [4.69, 9.17) is 10.00 Å². The number of rotatable bonds is 3. The number of methoxy groups -OCH3 is 1. The van der Waals surface area contributed by atoms with Crippen LogP contribution in [0.1, 0.15) is 36.9 Å². The number of benzene rings is 1. The number of nitriles is 1. The lowest BCUT2D eigenvalue weighted by Gasteiger charge is -2.26. The van der Waals surface area contributed by atoms with Gasteiger partial charge in [-0.05, 0) is 50.7 Å². The summed E-state index contributed by atoms with van der Waals surface area (Å²) in [4.78, 5) is 11.6. The molecule has 126 valence electrons. The molecule has 1 fully saturated rings. The zero-order valence-electron chi connectivity index (χ0n) is 13.9. The van der Waals surface area contributed by atoms with E-state index in [0.29, 0.717) is 12.5 Å². The highest BCUT2D eigenvalue weighted by Gasteiger charge is 2.27. The average molecular weight is 329 g/mol. The van der Waals surface area contributed by atoms with Crippen molar-refractivity contribution in [3.05, 3.63) is 29.2 Å². The molecule has 3 rings (SSSR count). The van der Waals surface area contributed by atoms with Crippen LogP contribution in [-0.4, -0.2) is 22.9 Å². The lowest BCUT2D eigenvalue weighted by Crippen LogP contribution is -2.25. The summed E-state index contributed by atoms with van der Waals surface area (Å²) in [5, 5.41) is 14.3. The predicted octanol–water partition coefficient (Wildman–Crippen LogP) is 3.33. The second-order valence-electron chi connectivity index (χ2n) is 6.47. The minimum Gasteiger partial charge on any atom is -0.469 e. The number of aryl methyl sites for hydroxylation is 1. The molecule has 0 unspecified atom stereocenters. The number of aromatic nitrogens is 2. The molecule has 0 atom stereocenters. The largest absolute Gasteiger partial charge is 0.469 e. The first-order valence-corrected chi connectivity index (χ1v) is 8.18. The minimum atomic E-state index is -0.508. The topological polar surface area (TPSA) is 67.9 Å². The number of halogens is 1. The highest BCUT2D eigenvalue weighted by atomic mass is 19.1. The summed E-state index contributed by atoms with van der Waals surface area (Å²) in [6.45, 7) is 2.56. The van der Waals surface area contributed by atoms with E-state index in [-0.39, 0.29) is 17.5 Å². The monoisotopic (exact) mass is 329 g/mol. The maximum absolute atomic E-state index is 13.8. The zero-order chi connectivity index (χ0) is 17.3. The molecule has 24 heavy (non-hydrogen) atoms. The summed E-state index contributed by atoms with van der Waals surface area (Å²) in [7, 11) is 1.43. The van der Waals surface area contributed by atoms with Crippen molar-refractivity contribution in [1.82, 2.24) is 9.78 Å². The van der Waals surface area contributed by atoms with Crippen LogP contribution in [0.2, 0.25) is 0 Å². The smallest absolute Gasteiger partial charge is 0.308 e. The van der Waals surface area contributed by atoms with Crippen molar-refractivity contribution in [2.45, 2.75) is 39.2 Å². The average Bonchev–Trinajstić information content (AvgIpc) is 2.89. The first kappa shape index (κ1) is 16.4. The van der Waals surface area contributed by atoms with Gasteiger partial charge in [0, 0.05) is 11.9 Å². The summed E-state index contributed by atoms with van der Waals surface area (Å²) in [5.74, 6) is -0.208. The summed E-state index contributed by atoms with van der Waals surface area (Å²) < 4.78 is 20.5. The Labute approximate surface area is 140 Å². The summed E-state index contributed by atoms with van der Waals surface area (Å²) in [6, 6.07) is 4.85. The first-order chi connectivity index (χ1) is 11.5. The quantitative estimate of drug-likeness (QED) is 0.810. The molecule has 1 aromatic carbocycles. The fourth-order valence-electron chi connectivity index (χ4n) is 3.57. The van der Waals surface area contributed by atoms with Gasteiger partial charge in [0.15, 0.2) is 0 Å². The Morgan fingerprint density at radius 1 is 1.42 bits per heavy atom. The molecule has 1 heterocycles. The molecule has 6 heteroatoms. The standard InChI is InChI=1S/C18H20FN3O2/c1-11-15-8-16(19)14(9-20)7-17(15)22(21-11)10-12-3-5-13(6-4-12)18(23)24-2/h7-8,12-13H,3-6,10H2,1-2H3. The van der Waals surface area contributed by atoms with Crippen LogP contribution < -0.4 is 0 Å².